The highest BCUT2D eigenvalue weighted by Crippen LogP contribution is 2.13. The van der Waals surface area contributed by atoms with E-state index < -0.39 is 11.9 Å². The fourth-order valence-corrected chi connectivity index (χ4v) is 1.11. The molecule has 0 aliphatic carbocycles. The maximum Gasteiger partial charge on any atom is 0.333 e. The van der Waals surface area contributed by atoms with Crippen LogP contribution in [-0.2, 0) is 14.3 Å². The zero-order chi connectivity index (χ0) is 11.8. The van der Waals surface area contributed by atoms with Crippen molar-refractivity contribution in [1.29, 1.82) is 0 Å². The Kier molecular flexibility index (Phi) is 6.09. The summed E-state index contributed by atoms with van der Waals surface area (Å²) in [6.45, 7) is 3.50. The van der Waals surface area contributed by atoms with Crippen LogP contribution in [0.3, 0.4) is 0 Å². The Morgan fingerprint density at radius 2 is 1.93 bits per heavy atom. The standard InChI is InChI=1S/C11H16O4/c1-4-6-9(11(14)15-3)7-8(5-2)10(12)13/h5-6H,4,7H2,1-3H3,(H,12,13)/b8-5-,9-6-. The third-order valence-corrected chi connectivity index (χ3v) is 1.90. The Balaban J connectivity index is 4.77. The van der Waals surface area contributed by atoms with Crippen LogP contribution < -0.4 is 0 Å². The number of hydrogen-bond acceptors (Lipinski definition) is 3. The van der Waals surface area contributed by atoms with Gasteiger partial charge in [-0.05, 0) is 13.3 Å². The van der Waals surface area contributed by atoms with Crippen LogP contribution in [0.15, 0.2) is 23.3 Å². The van der Waals surface area contributed by atoms with Crippen molar-refractivity contribution in [3.8, 4) is 0 Å². The molecule has 0 aromatic rings. The van der Waals surface area contributed by atoms with Gasteiger partial charge in [0.25, 0.3) is 0 Å². The lowest BCUT2D eigenvalue weighted by molar-refractivity contribution is -0.136. The number of esters is 1. The van der Waals surface area contributed by atoms with Crippen molar-refractivity contribution < 1.29 is 19.4 Å². The molecule has 0 rings (SSSR count). The maximum absolute atomic E-state index is 11.3. The molecule has 0 aromatic heterocycles. The van der Waals surface area contributed by atoms with Gasteiger partial charge in [0.2, 0.25) is 0 Å². The predicted molar refractivity (Wildman–Crippen MR) is 56.4 cm³/mol. The van der Waals surface area contributed by atoms with E-state index in [9.17, 15) is 9.59 Å². The Labute approximate surface area is 89.2 Å². The molecule has 0 atom stereocenters. The van der Waals surface area contributed by atoms with Gasteiger partial charge < -0.3 is 9.84 Å². The highest BCUT2D eigenvalue weighted by Gasteiger charge is 2.14. The summed E-state index contributed by atoms with van der Waals surface area (Å²) in [5, 5.41) is 8.80. The smallest absolute Gasteiger partial charge is 0.333 e. The van der Waals surface area contributed by atoms with Crippen molar-refractivity contribution >= 4 is 11.9 Å². The van der Waals surface area contributed by atoms with E-state index in [0.717, 1.165) is 0 Å². The van der Waals surface area contributed by atoms with Gasteiger partial charge in [-0.3, -0.25) is 0 Å². The summed E-state index contributed by atoms with van der Waals surface area (Å²) in [5.41, 5.74) is 0.579. The molecular formula is C11H16O4. The first kappa shape index (κ1) is 13.4. The molecule has 0 saturated carbocycles. The zero-order valence-electron chi connectivity index (χ0n) is 9.24. The van der Waals surface area contributed by atoms with E-state index >= 15 is 0 Å². The number of carboxylic acids is 1. The van der Waals surface area contributed by atoms with Crippen LogP contribution in [0.1, 0.15) is 26.7 Å². The van der Waals surface area contributed by atoms with Crippen molar-refractivity contribution in [3.63, 3.8) is 0 Å². The second-order valence-electron chi connectivity index (χ2n) is 2.93. The van der Waals surface area contributed by atoms with E-state index in [0.29, 0.717) is 12.0 Å². The van der Waals surface area contributed by atoms with Crippen LogP contribution in [0.5, 0.6) is 0 Å². The van der Waals surface area contributed by atoms with Gasteiger partial charge in [0, 0.05) is 17.6 Å². The number of aliphatic carboxylic acids is 1. The van der Waals surface area contributed by atoms with Crippen molar-refractivity contribution in [1.82, 2.24) is 0 Å². The van der Waals surface area contributed by atoms with E-state index in [1.54, 1.807) is 13.0 Å². The van der Waals surface area contributed by atoms with Gasteiger partial charge in [0.05, 0.1) is 7.11 Å². The number of methoxy groups -OCH3 is 1. The van der Waals surface area contributed by atoms with Gasteiger partial charge >= 0.3 is 11.9 Å². The fraction of sp³-hybridized carbons (Fsp3) is 0.455. The highest BCUT2D eigenvalue weighted by molar-refractivity contribution is 5.93. The van der Waals surface area contributed by atoms with E-state index in [-0.39, 0.29) is 12.0 Å². The van der Waals surface area contributed by atoms with Gasteiger partial charge in [0.15, 0.2) is 0 Å². The van der Waals surface area contributed by atoms with E-state index in [4.69, 9.17) is 5.11 Å². The topological polar surface area (TPSA) is 63.6 Å². The van der Waals surface area contributed by atoms with Crippen molar-refractivity contribution in [2.75, 3.05) is 7.11 Å². The second kappa shape index (κ2) is 6.81. The predicted octanol–water partition coefficient (Wildman–Crippen LogP) is 1.92. The summed E-state index contributed by atoms with van der Waals surface area (Å²) in [4.78, 5) is 22.0. The number of ether oxygens (including phenoxy) is 1. The average Bonchev–Trinajstić information content (AvgIpc) is 2.22. The molecule has 0 aliphatic rings. The molecule has 15 heavy (non-hydrogen) atoms. The van der Waals surface area contributed by atoms with Crippen molar-refractivity contribution in [2.24, 2.45) is 0 Å². The van der Waals surface area contributed by atoms with Crippen LogP contribution in [0.2, 0.25) is 0 Å². The summed E-state index contributed by atoms with van der Waals surface area (Å²) >= 11 is 0. The van der Waals surface area contributed by atoms with Crippen LogP contribution >= 0.6 is 0 Å². The molecule has 4 nitrogen and oxygen atoms in total. The lowest BCUT2D eigenvalue weighted by Crippen LogP contribution is -2.09. The summed E-state index contributed by atoms with van der Waals surface area (Å²) in [5.74, 6) is -1.49. The molecule has 84 valence electrons. The number of hydrogen-bond donors (Lipinski definition) is 1. The number of rotatable bonds is 5. The molecule has 0 radical (unpaired) electrons. The highest BCUT2D eigenvalue weighted by atomic mass is 16.5. The van der Waals surface area contributed by atoms with Gasteiger partial charge in [-0.25, -0.2) is 9.59 Å². The molecule has 0 aliphatic heterocycles. The van der Waals surface area contributed by atoms with E-state index in [2.05, 4.69) is 4.74 Å². The zero-order valence-corrected chi connectivity index (χ0v) is 9.24. The first-order valence-corrected chi connectivity index (χ1v) is 4.72. The molecule has 0 heterocycles. The Morgan fingerprint density at radius 3 is 2.27 bits per heavy atom. The van der Waals surface area contributed by atoms with Crippen LogP contribution in [0.4, 0.5) is 0 Å². The summed E-state index contributed by atoms with van der Waals surface area (Å²) < 4.78 is 4.56. The first-order valence-electron chi connectivity index (χ1n) is 4.72. The minimum Gasteiger partial charge on any atom is -0.478 e. The second-order valence-corrected chi connectivity index (χ2v) is 2.93. The quantitative estimate of drug-likeness (QED) is 0.558. The molecule has 4 heteroatoms. The Hall–Kier alpha value is -1.58. The van der Waals surface area contributed by atoms with E-state index in [1.807, 2.05) is 6.92 Å². The monoisotopic (exact) mass is 212 g/mol. The largest absolute Gasteiger partial charge is 0.478 e. The van der Waals surface area contributed by atoms with Crippen LogP contribution in [0, 0.1) is 0 Å². The first-order chi connectivity index (χ1) is 7.06. The Morgan fingerprint density at radius 1 is 1.33 bits per heavy atom. The van der Waals surface area contributed by atoms with Crippen molar-refractivity contribution in [2.45, 2.75) is 26.7 Å². The molecule has 0 aromatic carbocycles. The summed E-state index contributed by atoms with van der Waals surface area (Å²) in [7, 11) is 1.28. The maximum atomic E-state index is 11.3. The molecule has 1 N–H and O–H groups in total. The SMILES string of the molecule is C/C=C(/C/C(=C/CC)C(=O)OC)C(=O)O. The lowest BCUT2D eigenvalue weighted by atomic mass is 10.0. The van der Waals surface area contributed by atoms with Gasteiger partial charge in [-0.2, -0.15) is 0 Å². The van der Waals surface area contributed by atoms with Gasteiger partial charge in [-0.15, -0.1) is 0 Å². The molecular weight excluding hydrogens is 196 g/mol. The molecule has 0 amide bonds. The van der Waals surface area contributed by atoms with Crippen LogP contribution in [0.25, 0.3) is 0 Å². The fourth-order valence-electron chi connectivity index (χ4n) is 1.11. The molecule has 0 bridgehead atoms. The molecule has 0 unspecified atom stereocenters. The number of carbonyl (C=O) groups excluding carboxylic acids is 1. The third kappa shape index (κ3) is 4.44. The van der Waals surface area contributed by atoms with E-state index in [1.165, 1.54) is 13.2 Å². The molecule has 0 saturated heterocycles. The summed E-state index contributed by atoms with van der Waals surface area (Å²) in [6.07, 6.45) is 3.93. The lowest BCUT2D eigenvalue weighted by Gasteiger charge is -2.05. The Bertz CT molecular complexity index is 300. The number of carbonyl (C=O) groups is 2. The minimum atomic E-state index is -1.01. The van der Waals surface area contributed by atoms with Gasteiger partial charge in [0.1, 0.15) is 0 Å². The third-order valence-electron chi connectivity index (χ3n) is 1.90. The molecule has 0 spiro atoms. The minimum absolute atomic E-state index is 0.104. The van der Waals surface area contributed by atoms with Crippen LogP contribution in [-0.4, -0.2) is 24.2 Å². The van der Waals surface area contributed by atoms with Crippen molar-refractivity contribution in [3.05, 3.63) is 23.3 Å². The number of carboxylic acid groups (broad SMARTS) is 1. The summed E-state index contributed by atoms with van der Waals surface area (Å²) in [6, 6.07) is 0. The average molecular weight is 212 g/mol. The molecule has 0 fully saturated rings. The number of allylic oxidation sites excluding steroid dienone is 2. The normalized spacial score (nSPS) is 12.5. The van der Waals surface area contributed by atoms with Gasteiger partial charge in [-0.1, -0.05) is 19.1 Å².